The van der Waals surface area contributed by atoms with Crippen LogP contribution >= 0.6 is 11.3 Å². The molecule has 2 aromatic rings. The molecule has 4 heterocycles. The zero-order valence-electron chi connectivity index (χ0n) is 18.6. The predicted molar refractivity (Wildman–Crippen MR) is 113 cm³/mol. The van der Waals surface area contributed by atoms with Gasteiger partial charge in [-0.2, -0.15) is 0 Å². The van der Waals surface area contributed by atoms with Crippen LogP contribution in [0.4, 0.5) is 14.6 Å². The number of nitrogens with one attached hydrogen (secondary N) is 1. The van der Waals surface area contributed by atoms with E-state index in [1.807, 2.05) is 6.92 Å². The van der Waals surface area contributed by atoms with Crippen LogP contribution in [-0.2, 0) is 0 Å². The maximum Gasteiger partial charge on any atom is 1.00 e. The molecule has 2 aromatic heterocycles. The summed E-state index contributed by atoms with van der Waals surface area (Å²) in [6.07, 6.45) is 4.97. The smallest absolute Gasteiger partial charge is 0.542 e. The number of fused-ring (bicyclic) bond motifs is 2. The summed E-state index contributed by atoms with van der Waals surface area (Å²) in [7, 11) is 0. The van der Waals surface area contributed by atoms with Gasteiger partial charge in [0.15, 0.2) is 0 Å². The van der Waals surface area contributed by atoms with E-state index in [4.69, 9.17) is 0 Å². The summed E-state index contributed by atoms with van der Waals surface area (Å²) in [6, 6.07) is 1.47. The van der Waals surface area contributed by atoms with Crippen LogP contribution in [0.5, 0.6) is 0 Å². The topological polar surface area (TPSA) is 98.2 Å². The molecule has 2 aliphatic heterocycles. The fourth-order valence-corrected chi connectivity index (χ4v) is 6.08. The third kappa shape index (κ3) is 4.64. The molecule has 0 spiro atoms. The second kappa shape index (κ2) is 9.58. The van der Waals surface area contributed by atoms with Crippen molar-refractivity contribution >= 4 is 29.0 Å². The number of carboxylic acids is 1. The molecule has 2 bridgehead atoms. The number of alkyl halides is 2. The van der Waals surface area contributed by atoms with Gasteiger partial charge < -0.3 is 20.1 Å². The van der Waals surface area contributed by atoms with Crippen molar-refractivity contribution in [2.24, 2.45) is 0 Å². The Balaban J connectivity index is 0.00000259. The van der Waals surface area contributed by atoms with E-state index in [2.05, 4.69) is 15.3 Å². The van der Waals surface area contributed by atoms with Gasteiger partial charge in [0, 0.05) is 34.9 Å². The molecule has 5 rings (SSSR count). The molecule has 1 N–H and O–H groups in total. The standard InChI is InChI=1S/C22H24F2N4O3S.K/c1-22(7-2-8-22)27-15-9-13(18(23)24)14(10-25-15)17-16(26-19(32-17)21(30)31)20(29)28-11-3-4-12(28)6-5-11;/h9-12,18H,2-8H2,1H3,(H,25,27)(H,30,31);/q;+1/p-1. The Morgan fingerprint density at radius 1 is 1.24 bits per heavy atom. The molecule has 11 heteroatoms. The minimum absolute atomic E-state index is 0. The number of hydrogen-bond donors (Lipinski definition) is 1. The summed E-state index contributed by atoms with van der Waals surface area (Å²) < 4.78 is 28.1. The van der Waals surface area contributed by atoms with E-state index in [9.17, 15) is 23.5 Å². The van der Waals surface area contributed by atoms with Crippen LogP contribution in [0.1, 0.15) is 84.1 Å². The first-order valence-electron chi connectivity index (χ1n) is 10.9. The number of aromatic carboxylic acids is 1. The number of rotatable bonds is 6. The number of pyridine rings is 1. The number of anilines is 1. The number of thiazole rings is 1. The first kappa shape index (κ1) is 25.1. The summed E-state index contributed by atoms with van der Waals surface area (Å²) in [5.41, 5.74) is -0.554. The summed E-state index contributed by atoms with van der Waals surface area (Å²) in [6.45, 7) is 2.02. The van der Waals surface area contributed by atoms with Gasteiger partial charge in [-0.05, 0) is 57.9 Å². The van der Waals surface area contributed by atoms with Crippen molar-refractivity contribution in [2.45, 2.75) is 75.9 Å². The molecule has 33 heavy (non-hydrogen) atoms. The maximum atomic E-state index is 14.1. The molecule has 0 unspecified atom stereocenters. The normalized spacial score (nSPS) is 22.7. The number of halogens is 2. The monoisotopic (exact) mass is 500 g/mol. The van der Waals surface area contributed by atoms with Crippen molar-refractivity contribution in [3.05, 3.63) is 28.5 Å². The molecular weight excluding hydrogens is 477 g/mol. The molecule has 7 nitrogen and oxygen atoms in total. The van der Waals surface area contributed by atoms with Crippen LogP contribution in [0.2, 0.25) is 0 Å². The number of hydrogen-bond acceptors (Lipinski definition) is 7. The molecule has 3 aliphatic rings. The van der Waals surface area contributed by atoms with Gasteiger partial charge in [0.2, 0.25) is 0 Å². The van der Waals surface area contributed by atoms with Crippen LogP contribution in [0.15, 0.2) is 12.3 Å². The number of carboxylic acid groups (broad SMARTS) is 1. The Hall–Kier alpha value is -0.984. The first-order chi connectivity index (χ1) is 15.3. The summed E-state index contributed by atoms with van der Waals surface area (Å²) >= 11 is 0.683. The van der Waals surface area contributed by atoms with Crippen molar-refractivity contribution in [3.8, 4) is 10.4 Å². The first-order valence-corrected chi connectivity index (χ1v) is 11.7. The van der Waals surface area contributed by atoms with Gasteiger partial charge in [-0.1, -0.05) is 0 Å². The van der Waals surface area contributed by atoms with Crippen molar-refractivity contribution < 1.29 is 74.9 Å². The molecule has 0 atom stereocenters. The van der Waals surface area contributed by atoms with Gasteiger partial charge in [-0.25, -0.2) is 18.7 Å². The van der Waals surface area contributed by atoms with Crippen LogP contribution in [0, 0.1) is 0 Å². The molecule has 2 saturated heterocycles. The fourth-order valence-electron chi connectivity index (χ4n) is 5.15. The average Bonchev–Trinajstić information content (AvgIpc) is 3.46. The Morgan fingerprint density at radius 2 is 1.88 bits per heavy atom. The van der Waals surface area contributed by atoms with Gasteiger partial charge in [-0.3, -0.25) is 4.79 Å². The third-order valence-electron chi connectivity index (χ3n) is 6.99. The molecule has 0 aromatic carbocycles. The molecule has 170 valence electrons. The van der Waals surface area contributed by atoms with Gasteiger partial charge >= 0.3 is 51.4 Å². The van der Waals surface area contributed by atoms with Crippen LogP contribution in [-0.4, -0.2) is 44.4 Å². The largest absolute Gasteiger partial charge is 1.00 e. The van der Waals surface area contributed by atoms with Crippen molar-refractivity contribution in [2.75, 3.05) is 5.32 Å². The van der Waals surface area contributed by atoms with Gasteiger partial charge in [0.1, 0.15) is 22.5 Å². The van der Waals surface area contributed by atoms with Gasteiger partial charge in [0.25, 0.3) is 12.3 Å². The fraction of sp³-hybridized carbons (Fsp3) is 0.545. The number of aromatic nitrogens is 2. The molecule has 3 fully saturated rings. The van der Waals surface area contributed by atoms with E-state index in [0.717, 1.165) is 44.9 Å². The van der Waals surface area contributed by atoms with E-state index >= 15 is 0 Å². The van der Waals surface area contributed by atoms with E-state index < -0.39 is 23.3 Å². The second-order valence-corrected chi connectivity index (χ2v) is 10.2. The number of carbonyl (C=O) groups is 2. The number of amides is 1. The van der Waals surface area contributed by atoms with Gasteiger partial charge in [0.05, 0.1) is 4.88 Å². The van der Waals surface area contributed by atoms with Crippen molar-refractivity contribution in [3.63, 3.8) is 0 Å². The van der Waals surface area contributed by atoms with Crippen LogP contribution in [0.25, 0.3) is 10.4 Å². The van der Waals surface area contributed by atoms with Crippen LogP contribution < -0.4 is 61.8 Å². The van der Waals surface area contributed by atoms with E-state index in [1.54, 1.807) is 4.90 Å². The SMILES string of the molecule is CC1(Nc2cc(C(F)F)c(-c3sc(C(=O)[O-])nc3C(=O)N3C4CCC3CC4)cn2)CCC1.[K+]. The third-order valence-corrected chi connectivity index (χ3v) is 8.06. The molecule has 0 radical (unpaired) electrons. The molecule has 1 amide bonds. The average molecular weight is 501 g/mol. The van der Waals surface area contributed by atoms with E-state index in [-0.39, 0.29) is 90.7 Å². The van der Waals surface area contributed by atoms with Crippen molar-refractivity contribution in [1.29, 1.82) is 0 Å². The molecule has 1 aliphatic carbocycles. The summed E-state index contributed by atoms with van der Waals surface area (Å²) in [5, 5.41) is 14.3. The maximum absolute atomic E-state index is 14.1. The number of nitrogens with zero attached hydrogens (tertiary/aromatic N) is 3. The molecule has 1 saturated carbocycles. The quantitative estimate of drug-likeness (QED) is 0.585. The summed E-state index contributed by atoms with van der Waals surface area (Å²) in [4.78, 5) is 35.0. The van der Waals surface area contributed by atoms with E-state index in [0.29, 0.717) is 17.2 Å². The van der Waals surface area contributed by atoms with Gasteiger partial charge in [-0.15, -0.1) is 11.3 Å². The minimum atomic E-state index is -2.83. The minimum Gasteiger partial charge on any atom is -0.542 e. The van der Waals surface area contributed by atoms with Crippen molar-refractivity contribution in [1.82, 2.24) is 14.9 Å². The Morgan fingerprint density at radius 3 is 2.39 bits per heavy atom. The zero-order chi connectivity index (χ0) is 22.6. The molecular formula is C22H23F2KN4O3S. The van der Waals surface area contributed by atoms with Crippen LogP contribution in [0.3, 0.4) is 0 Å². The number of carbonyl (C=O) groups excluding carboxylic acids is 2. The zero-order valence-corrected chi connectivity index (χ0v) is 22.5. The second-order valence-electron chi connectivity index (χ2n) is 9.16. The Bertz CT molecular complexity index is 1070. The Kier molecular flexibility index (Phi) is 7.29. The Labute approximate surface area is 236 Å². The summed E-state index contributed by atoms with van der Waals surface area (Å²) in [5.74, 6) is -1.61. The predicted octanol–water partition coefficient (Wildman–Crippen LogP) is 0.632. The van der Waals surface area contributed by atoms with E-state index in [1.165, 1.54) is 12.3 Å².